The number of rotatable bonds is 3. The number of anilines is 1. The van der Waals surface area contributed by atoms with Crippen molar-refractivity contribution in [1.82, 2.24) is 10.2 Å². The first kappa shape index (κ1) is 6.10. The summed E-state index contributed by atoms with van der Waals surface area (Å²) in [6.07, 6.45) is 1.69. The molecule has 0 bridgehead atoms. The van der Waals surface area contributed by atoms with Crippen LogP contribution in [0.1, 0.15) is 0 Å². The summed E-state index contributed by atoms with van der Waals surface area (Å²) >= 11 is 0. The fourth-order valence-electron chi connectivity index (χ4n) is 0.561. The second kappa shape index (κ2) is 3.09. The highest BCUT2D eigenvalue weighted by molar-refractivity contribution is 5.31. The fourth-order valence-corrected chi connectivity index (χ4v) is 0.561. The van der Waals surface area contributed by atoms with Gasteiger partial charge in [-0.25, -0.2) is 0 Å². The molecule has 0 spiro atoms. The summed E-state index contributed by atoms with van der Waals surface area (Å²) in [5.41, 5.74) is 5.25. The van der Waals surface area contributed by atoms with E-state index in [1.165, 1.54) is 0 Å². The molecule has 1 aromatic rings. The lowest BCUT2D eigenvalue weighted by molar-refractivity contribution is 0.997. The number of H-pyrrole nitrogens is 1. The number of aromatic nitrogens is 2. The summed E-state index contributed by atoms with van der Waals surface area (Å²) in [7, 11) is 0. The number of aromatic amines is 1. The molecule has 1 heterocycles. The van der Waals surface area contributed by atoms with Gasteiger partial charge < -0.3 is 11.1 Å². The van der Waals surface area contributed by atoms with Gasteiger partial charge in [-0.05, 0) is 6.07 Å². The van der Waals surface area contributed by atoms with E-state index in [1.54, 1.807) is 6.20 Å². The summed E-state index contributed by atoms with van der Waals surface area (Å²) in [6, 6.07) is 1.86. The minimum Gasteiger partial charge on any atom is -0.369 e. The van der Waals surface area contributed by atoms with E-state index in [-0.39, 0.29) is 0 Å². The van der Waals surface area contributed by atoms with Crippen LogP contribution in [-0.2, 0) is 0 Å². The van der Waals surface area contributed by atoms with Crippen molar-refractivity contribution in [1.29, 1.82) is 0 Å². The first-order valence-electron chi connectivity index (χ1n) is 2.87. The molecule has 4 heteroatoms. The molecule has 0 aliphatic heterocycles. The zero-order valence-electron chi connectivity index (χ0n) is 5.09. The minimum absolute atomic E-state index is 0.638. The van der Waals surface area contributed by atoms with Crippen molar-refractivity contribution in [3.8, 4) is 0 Å². The zero-order chi connectivity index (χ0) is 6.53. The average molecular weight is 126 g/mol. The Morgan fingerprint density at radius 1 is 1.78 bits per heavy atom. The topological polar surface area (TPSA) is 66.7 Å². The molecular weight excluding hydrogens is 116 g/mol. The van der Waals surface area contributed by atoms with Gasteiger partial charge in [-0.3, -0.25) is 5.10 Å². The standard InChI is InChI=1S/C5H10N4/c6-2-4-7-5-1-3-8-9-5/h1,3H,2,4,6H2,(H2,7,8,9). The normalized spacial score (nSPS) is 9.44. The summed E-state index contributed by atoms with van der Waals surface area (Å²) in [6.45, 7) is 1.42. The van der Waals surface area contributed by atoms with E-state index in [0.717, 1.165) is 12.4 Å². The fraction of sp³-hybridized carbons (Fsp3) is 0.400. The van der Waals surface area contributed by atoms with Gasteiger partial charge in [-0.15, -0.1) is 0 Å². The van der Waals surface area contributed by atoms with Crippen LogP contribution in [0.3, 0.4) is 0 Å². The second-order valence-electron chi connectivity index (χ2n) is 1.69. The molecule has 50 valence electrons. The Balaban J connectivity index is 2.30. The van der Waals surface area contributed by atoms with Crippen LogP contribution in [-0.4, -0.2) is 23.3 Å². The van der Waals surface area contributed by atoms with Gasteiger partial charge in [0, 0.05) is 13.1 Å². The third-order valence-corrected chi connectivity index (χ3v) is 0.961. The molecule has 9 heavy (non-hydrogen) atoms. The highest BCUT2D eigenvalue weighted by Gasteiger charge is 1.86. The molecule has 0 unspecified atom stereocenters. The molecule has 0 radical (unpaired) electrons. The summed E-state index contributed by atoms with van der Waals surface area (Å²) in [5.74, 6) is 0.917. The molecule has 1 rings (SSSR count). The van der Waals surface area contributed by atoms with E-state index in [9.17, 15) is 0 Å². The Morgan fingerprint density at radius 3 is 3.22 bits per heavy atom. The summed E-state index contributed by atoms with van der Waals surface area (Å²) < 4.78 is 0. The molecule has 4 nitrogen and oxygen atoms in total. The number of nitrogens with two attached hydrogens (primary N) is 1. The third-order valence-electron chi connectivity index (χ3n) is 0.961. The van der Waals surface area contributed by atoms with E-state index in [4.69, 9.17) is 5.73 Å². The van der Waals surface area contributed by atoms with Crippen molar-refractivity contribution in [2.45, 2.75) is 0 Å². The molecule has 0 saturated carbocycles. The lowest BCUT2D eigenvalue weighted by atomic mass is 10.6. The van der Waals surface area contributed by atoms with Gasteiger partial charge in [-0.2, -0.15) is 5.10 Å². The van der Waals surface area contributed by atoms with Gasteiger partial charge >= 0.3 is 0 Å². The SMILES string of the molecule is NCCNc1ccn[nH]1. The smallest absolute Gasteiger partial charge is 0.121 e. The number of hydrogen-bond acceptors (Lipinski definition) is 3. The van der Waals surface area contributed by atoms with E-state index >= 15 is 0 Å². The monoisotopic (exact) mass is 126 g/mol. The van der Waals surface area contributed by atoms with E-state index in [1.807, 2.05) is 6.07 Å². The van der Waals surface area contributed by atoms with Crippen molar-refractivity contribution in [3.05, 3.63) is 12.3 Å². The van der Waals surface area contributed by atoms with E-state index in [2.05, 4.69) is 15.5 Å². The minimum atomic E-state index is 0.638. The van der Waals surface area contributed by atoms with Crippen molar-refractivity contribution in [3.63, 3.8) is 0 Å². The van der Waals surface area contributed by atoms with Crippen molar-refractivity contribution in [2.24, 2.45) is 5.73 Å². The van der Waals surface area contributed by atoms with Crippen LogP contribution in [0.15, 0.2) is 12.3 Å². The first-order valence-corrected chi connectivity index (χ1v) is 2.87. The maximum Gasteiger partial charge on any atom is 0.121 e. The van der Waals surface area contributed by atoms with Crippen LogP contribution in [0.5, 0.6) is 0 Å². The predicted molar refractivity (Wildman–Crippen MR) is 36.1 cm³/mol. The van der Waals surface area contributed by atoms with Crippen LogP contribution in [0.25, 0.3) is 0 Å². The van der Waals surface area contributed by atoms with Crippen LogP contribution in [0.2, 0.25) is 0 Å². The maximum atomic E-state index is 5.25. The van der Waals surface area contributed by atoms with Gasteiger partial charge in [0.15, 0.2) is 0 Å². The Labute approximate surface area is 53.4 Å². The second-order valence-corrected chi connectivity index (χ2v) is 1.69. The summed E-state index contributed by atoms with van der Waals surface area (Å²) in [5, 5.41) is 9.53. The lowest BCUT2D eigenvalue weighted by Crippen LogP contribution is -2.13. The van der Waals surface area contributed by atoms with E-state index < -0.39 is 0 Å². The molecule has 4 N–H and O–H groups in total. The van der Waals surface area contributed by atoms with Gasteiger partial charge in [0.2, 0.25) is 0 Å². The molecule has 0 aromatic carbocycles. The predicted octanol–water partition coefficient (Wildman–Crippen LogP) is -0.220. The molecule has 0 aliphatic rings. The first-order chi connectivity index (χ1) is 4.43. The lowest BCUT2D eigenvalue weighted by Gasteiger charge is -1.97. The van der Waals surface area contributed by atoms with Crippen LogP contribution >= 0.6 is 0 Å². The molecular formula is C5H10N4. The van der Waals surface area contributed by atoms with Crippen LogP contribution < -0.4 is 11.1 Å². The largest absolute Gasteiger partial charge is 0.369 e. The Bertz CT molecular complexity index is 146. The Hall–Kier alpha value is -1.03. The number of nitrogens with one attached hydrogen (secondary N) is 2. The van der Waals surface area contributed by atoms with Crippen molar-refractivity contribution < 1.29 is 0 Å². The highest BCUT2D eigenvalue weighted by Crippen LogP contribution is 1.95. The quantitative estimate of drug-likeness (QED) is 0.524. The highest BCUT2D eigenvalue weighted by atomic mass is 15.2. The molecule has 1 aromatic heterocycles. The van der Waals surface area contributed by atoms with Gasteiger partial charge in [0.1, 0.15) is 5.82 Å². The van der Waals surface area contributed by atoms with Gasteiger partial charge in [0.25, 0.3) is 0 Å². The Morgan fingerprint density at radius 2 is 2.67 bits per heavy atom. The molecule has 0 aliphatic carbocycles. The maximum absolute atomic E-state index is 5.25. The molecule has 0 fully saturated rings. The van der Waals surface area contributed by atoms with Crippen LogP contribution in [0, 0.1) is 0 Å². The zero-order valence-corrected chi connectivity index (χ0v) is 5.09. The Kier molecular flexibility index (Phi) is 2.09. The number of hydrogen-bond donors (Lipinski definition) is 3. The van der Waals surface area contributed by atoms with Crippen LogP contribution in [0.4, 0.5) is 5.82 Å². The molecule has 0 saturated heterocycles. The van der Waals surface area contributed by atoms with Crippen molar-refractivity contribution >= 4 is 5.82 Å². The summed E-state index contributed by atoms with van der Waals surface area (Å²) in [4.78, 5) is 0. The van der Waals surface area contributed by atoms with Crippen molar-refractivity contribution in [2.75, 3.05) is 18.4 Å². The number of nitrogens with zero attached hydrogens (tertiary/aromatic N) is 1. The van der Waals surface area contributed by atoms with E-state index in [0.29, 0.717) is 6.54 Å². The molecule has 0 atom stereocenters. The molecule has 0 amide bonds. The van der Waals surface area contributed by atoms with Gasteiger partial charge in [0.05, 0.1) is 6.20 Å². The average Bonchev–Trinajstić information content (AvgIpc) is 2.34. The van der Waals surface area contributed by atoms with Gasteiger partial charge in [-0.1, -0.05) is 0 Å². The third kappa shape index (κ3) is 1.73.